The van der Waals surface area contributed by atoms with Crippen molar-refractivity contribution < 1.29 is 8.83 Å². The maximum Gasteiger partial charge on any atom is 0.154 e. The molecule has 0 unspecified atom stereocenters. The van der Waals surface area contributed by atoms with Crippen molar-refractivity contribution >= 4 is 93.3 Å². The molecular weight excluding hydrogens is 771 g/mol. The quantitative estimate of drug-likeness (QED) is 0.157. The smallest absolute Gasteiger partial charge is 0.154 e. The van der Waals surface area contributed by atoms with Crippen LogP contribution in [0.15, 0.2) is 222 Å². The first-order valence-electron chi connectivity index (χ1n) is 21.2. The highest BCUT2D eigenvalue weighted by Gasteiger charge is 2.18. The minimum absolute atomic E-state index is 0.780. The number of nitrogens with zero attached hydrogens (tertiary/aromatic N) is 3. The Morgan fingerprint density at radius 1 is 0.302 bits per heavy atom. The minimum Gasteiger partial charge on any atom is -0.454 e. The second-order valence-corrected chi connectivity index (χ2v) is 16.2. The van der Waals surface area contributed by atoms with Crippen molar-refractivity contribution in [3.8, 4) is 33.4 Å². The third-order valence-corrected chi connectivity index (χ3v) is 12.6. The van der Waals surface area contributed by atoms with Crippen LogP contribution in [0.3, 0.4) is 0 Å². The third-order valence-electron chi connectivity index (χ3n) is 12.6. The summed E-state index contributed by atoms with van der Waals surface area (Å²) in [6, 6.07) is 67.3. The first-order valence-corrected chi connectivity index (χ1v) is 21.2. The van der Waals surface area contributed by atoms with Crippen LogP contribution in [0.25, 0.3) is 110 Å². The highest BCUT2D eigenvalue weighted by Crippen LogP contribution is 2.42. The van der Waals surface area contributed by atoms with Crippen LogP contribution in [0.4, 0.5) is 17.1 Å². The van der Waals surface area contributed by atoms with Crippen LogP contribution in [-0.4, -0.2) is 9.97 Å². The fraction of sp³-hybridized carbons (Fsp3) is 0. The van der Waals surface area contributed by atoms with E-state index >= 15 is 0 Å². The van der Waals surface area contributed by atoms with Gasteiger partial charge in [-0.3, -0.25) is 9.97 Å². The standard InChI is InChI=1S/C58H35N3O2/c1-2-8-39-29-40(14-13-36(39)7-1)41-21-27-47-42(30-41)15-16-43-31-46(26-28-48(43)47)61(44-22-17-37(18-23-44)51-32-59-34-55-57(51)49-9-3-5-11-53(49)62-55)45-24-19-38(20-25-45)52-33-60-35-56-58(52)50-10-4-6-12-54(50)63-56/h1-35H. The van der Waals surface area contributed by atoms with Crippen molar-refractivity contribution in [2.45, 2.75) is 0 Å². The molecule has 0 radical (unpaired) electrons. The molecule has 0 aliphatic rings. The van der Waals surface area contributed by atoms with E-state index in [1.165, 1.54) is 43.4 Å². The lowest BCUT2D eigenvalue weighted by Crippen LogP contribution is -2.10. The summed E-state index contributed by atoms with van der Waals surface area (Å²) in [5, 5.41) is 11.6. The van der Waals surface area contributed by atoms with Gasteiger partial charge in [0.2, 0.25) is 0 Å². The zero-order valence-electron chi connectivity index (χ0n) is 33.9. The largest absolute Gasteiger partial charge is 0.454 e. The zero-order valence-corrected chi connectivity index (χ0v) is 33.9. The summed E-state index contributed by atoms with van der Waals surface area (Å²) in [7, 11) is 0. The second kappa shape index (κ2) is 14.0. The molecule has 0 N–H and O–H groups in total. The van der Waals surface area contributed by atoms with E-state index in [0.717, 1.165) is 83.2 Å². The van der Waals surface area contributed by atoms with Gasteiger partial charge in [0, 0.05) is 62.1 Å². The van der Waals surface area contributed by atoms with E-state index in [1.807, 2.05) is 36.7 Å². The highest BCUT2D eigenvalue weighted by atomic mass is 16.3. The van der Waals surface area contributed by atoms with Gasteiger partial charge >= 0.3 is 0 Å². The molecule has 0 amide bonds. The predicted molar refractivity (Wildman–Crippen MR) is 260 cm³/mol. The van der Waals surface area contributed by atoms with Gasteiger partial charge < -0.3 is 13.7 Å². The van der Waals surface area contributed by atoms with Crippen molar-refractivity contribution in [2.75, 3.05) is 4.90 Å². The van der Waals surface area contributed by atoms with Gasteiger partial charge in [0.25, 0.3) is 0 Å². The monoisotopic (exact) mass is 805 g/mol. The van der Waals surface area contributed by atoms with Gasteiger partial charge in [-0.2, -0.15) is 0 Å². The molecule has 0 atom stereocenters. The van der Waals surface area contributed by atoms with Gasteiger partial charge in [0.15, 0.2) is 11.2 Å². The van der Waals surface area contributed by atoms with Gasteiger partial charge in [-0.15, -0.1) is 0 Å². The summed E-state index contributed by atoms with van der Waals surface area (Å²) in [6.07, 6.45) is 7.48. The summed E-state index contributed by atoms with van der Waals surface area (Å²) < 4.78 is 12.4. The molecule has 5 heteroatoms. The molecule has 4 aromatic heterocycles. The van der Waals surface area contributed by atoms with E-state index in [9.17, 15) is 0 Å². The van der Waals surface area contributed by atoms with E-state index in [-0.39, 0.29) is 0 Å². The number of pyridine rings is 2. The van der Waals surface area contributed by atoms with Crippen LogP contribution < -0.4 is 4.90 Å². The van der Waals surface area contributed by atoms with Crippen LogP contribution in [0.1, 0.15) is 0 Å². The number of anilines is 3. The fourth-order valence-electron chi connectivity index (χ4n) is 9.57. The third kappa shape index (κ3) is 5.78. The number of furan rings is 2. The zero-order chi connectivity index (χ0) is 41.4. The Balaban J connectivity index is 0.919. The van der Waals surface area contributed by atoms with Crippen molar-refractivity contribution in [1.82, 2.24) is 9.97 Å². The van der Waals surface area contributed by atoms with Gasteiger partial charge in [-0.25, -0.2) is 0 Å². The Bertz CT molecular complexity index is 3760. The average molecular weight is 806 g/mol. The maximum atomic E-state index is 6.20. The lowest BCUT2D eigenvalue weighted by molar-refractivity contribution is 0.666. The molecule has 13 aromatic rings. The van der Waals surface area contributed by atoms with Gasteiger partial charge in [-0.1, -0.05) is 127 Å². The summed E-state index contributed by atoms with van der Waals surface area (Å²) in [4.78, 5) is 11.5. The van der Waals surface area contributed by atoms with Crippen LogP contribution in [0, 0.1) is 0 Å². The van der Waals surface area contributed by atoms with E-state index < -0.39 is 0 Å². The molecule has 13 rings (SSSR count). The molecule has 9 aromatic carbocycles. The molecular formula is C58H35N3O2. The molecule has 0 fully saturated rings. The second-order valence-electron chi connectivity index (χ2n) is 16.2. The maximum absolute atomic E-state index is 6.20. The fourth-order valence-corrected chi connectivity index (χ4v) is 9.57. The van der Waals surface area contributed by atoms with Gasteiger partial charge in [0.05, 0.1) is 12.4 Å². The first-order chi connectivity index (χ1) is 31.2. The molecule has 0 aliphatic carbocycles. The summed E-state index contributed by atoms with van der Waals surface area (Å²) in [6.45, 7) is 0. The van der Waals surface area contributed by atoms with E-state index in [2.05, 4.69) is 179 Å². The summed E-state index contributed by atoms with van der Waals surface area (Å²) >= 11 is 0. The number of benzene rings is 9. The molecule has 0 saturated carbocycles. The van der Waals surface area contributed by atoms with Gasteiger partial charge in [-0.05, 0) is 115 Å². The van der Waals surface area contributed by atoms with E-state index in [4.69, 9.17) is 8.83 Å². The van der Waals surface area contributed by atoms with Crippen molar-refractivity contribution in [2.24, 2.45) is 0 Å². The number of rotatable bonds is 6. The lowest BCUT2D eigenvalue weighted by atomic mass is 9.96. The van der Waals surface area contributed by atoms with Crippen LogP contribution in [0.2, 0.25) is 0 Å². The summed E-state index contributed by atoms with van der Waals surface area (Å²) in [5.74, 6) is 0. The topological polar surface area (TPSA) is 55.3 Å². The number of para-hydroxylation sites is 2. The number of aromatic nitrogens is 2. The molecule has 0 spiro atoms. The molecule has 294 valence electrons. The SMILES string of the molecule is c1ccc2cc(-c3ccc4c(ccc5cc(N(c6ccc(-c7cncc8oc9ccccc9c78)cc6)c6ccc(-c7cncc8oc9ccccc9c78)cc6)ccc54)c3)ccc2c1. The van der Waals surface area contributed by atoms with E-state index in [1.54, 1.807) is 12.4 Å². The number of hydrogen-bond donors (Lipinski definition) is 0. The van der Waals surface area contributed by atoms with E-state index in [0.29, 0.717) is 0 Å². The Kier molecular flexibility index (Phi) is 7.84. The molecule has 63 heavy (non-hydrogen) atoms. The molecule has 0 bridgehead atoms. The molecule has 4 heterocycles. The molecule has 5 nitrogen and oxygen atoms in total. The van der Waals surface area contributed by atoms with Crippen molar-refractivity contribution in [1.29, 1.82) is 0 Å². The molecule has 0 aliphatic heterocycles. The Morgan fingerprint density at radius 2 is 0.746 bits per heavy atom. The number of fused-ring (bicyclic) bond motifs is 10. The Labute approximate surface area is 361 Å². The Hall–Kier alpha value is -8.54. The lowest BCUT2D eigenvalue weighted by Gasteiger charge is -2.26. The van der Waals surface area contributed by atoms with Crippen molar-refractivity contribution in [3.05, 3.63) is 213 Å². The normalized spacial score (nSPS) is 11.8. The first kappa shape index (κ1) is 35.2. The Morgan fingerprint density at radius 3 is 1.35 bits per heavy atom. The van der Waals surface area contributed by atoms with Gasteiger partial charge in [0.1, 0.15) is 11.2 Å². The highest BCUT2D eigenvalue weighted by molar-refractivity contribution is 6.14. The summed E-state index contributed by atoms with van der Waals surface area (Å²) in [5.41, 5.74) is 13.0. The minimum atomic E-state index is 0.780. The average Bonchev–Trinajstić information content (AvgIpc) is 3.93. The van der Waals surface area contributed by atoms with Crippen LogP contribution in [-0.2, 0) is 0 Å². The predicted octanol–water partition coefficient (Wildman–Crippen LogP) is 16.2. The van der Waals surface area contributed by atoms with Crippen LogP contribution >= 0.6 is 0 Å². The number of hydrogen-bond acceptors (Lipinski definition) is 5. The molecule has 0 saturated heterocycles. The van der Waals surface area contributed by atoms with Crippen LogP contribution in [0.5, 0.6) is 0 Å². The van der Waals surface area contributed by atoms with Crippen molar-refractivity contribution in [3.63, 3.8) is 0 Å².